The molecular weight excluding hydrogens is 354 g/mol. The number of likely N-dealkylation sites (tertiary alicyclic amines) is 1. The van der Waals surface area contributed by atoms with E-state index >= 15 is 0 Å². The summed E-state index contributed by atoms with van der Waals surface area (Å²) >= 11 is 0. The van der Waals surface area contributed by atoms with E-state index in [0.717, 1.165) is 46.3 Å². The van der Waals surface area contributed by atoms with Crippen LogP contribution in [0.1, 0.15) is 36.3 Å². The van der Waals surface area contributed by atoms with Gasteiger partial charge in [-0.2, -0.15) is 0 Å². The van der Waals surface area contributed by atoms with Crippen LogP contribution in [0.3, 0.4) is 0 Å². The van der Waals surface area contributed by atoms with Crippen molar-refractivity contribution < 1.29 is 14.3 Å². The van der Waals surface area contributed by atoms with E-state index in [1.807, 2.05) is 54.7 Å². The van der Waals surface area contributed by atoms with Crippen molar-refractivity contribution in [1.82, 2.24) is 14.9 Å². The van der Waals surface area contributed by atoms with E-state index in [9.17, 15) is 9.90 Å². The van der Waals surface area contributed by atoms with E-state index < -0.39 is 12.0 Å². The standard InChI is InChI=1S/C22H21N3O3/c26-22(27)20(16-13-23-17-6-2-1-5-15(16)17)25-11-9-14(10-12-25)21-24-18-7-3-4-8-19(18)28-21/h1-8,13-14,20,23H,9-12H2,(H,26,27)/t20-/m0/s1. The third-order valence-electron chi connectivity index (χ3n) is 5.70. The lowest BCUT2D eigenvalue weighted by Crippen LogP contribution is -2.39. The molecule has 3 heterocycles. The summed E-state index contributed by atoms with van der Waals surface area (Å²) in [6, 6.07) is 15.0. The van der Waals surface area contributed by atoms with Gasteiger partial charge in [0, 0.05) is 41.7 Å². The van der Waals surface area contributed by atoms with Crippen LogP contribution in [0.4, 0.5) is 0 Å². The molecule has 0 amide bonds. The summed E-state index contributed by atoms with van der Waals surface area (Å²) in [4.78, 5) is 22.0. The van der Waals surface area contributed by atoms with E-state index in [-0.39, 0.29) is 5.92 Å². The molecule has 0 aliphatic carbocycles. The van der Waals surface area contributed by atoms with Gasteiger partial charge in [-0.1, -0.05) is 30.3 Å². The highest BCUT2D eigenvalue weighted by Crippen LogP contribution is 2.35. The molecule has 1 fully saturated rings. The van der Waals surface area contributed by atoms with E-state index in [1.54, 1.807) is 0 Å². The molecule has 0 saturated carbocycles. The van der Waals surface area contributed by atoms with Crippen LogP contribution in [0.25, 0.3) is 22.0 Å². The number of para-hydroxylation sites is 3. The molecule has 0 unspecified atom stereocenters. The molecule has 6 nitrogen and oxygen atoms in total. The van der Waals surface area contributed by atoms with Gasteiger partial charge in [-0.05, 0) is 31.0 Å². The number of hydrogen-bond acceptors (Lipinski definition) is 4. The van der Waals surface area contributed by atoms with Crippen LogP contribution in [0, 0.1) is 0 Å². The van der Waals surface area contributed by atoms with Crippen LogP contribution >= 0.6 is 0 Å². The lowest BCUT2D eigenvalue weighted by atomic mass is 9.94. The summed E-state index contributed by atoms with van der Waals surface area (Å²) in [5.41, 5.74) is 3.47. The summed E-state index contributed by atoms with van der Waals surface area (Å²) in [5, 5.41) is 10.9. The van der Waals surface area contributed by atoms with Gasteiger partial charge in [-0.3, -0.25) is 9.69 Å². The highest BCUT2D eigenvalue weighted by Gasteiger charge is 2.34. The first kappa shape index (κ1) is 17.0. The zero-order chi connectivity index (χ0) is 19.1. The minimum absolute atomic E-state index is 0.223. The van der Waals surface area contributed by atoms with Gasteiger partial charge in [0.15, 0.2) is 11.5 Å². The van der Waals surface area contributed by atoms with Crippen molar-refractivity contribution in [2.24, 2.45) is 0 Å². The van der Waals surface area contributed by atoms with Crippen LogP contribution in [0.2, 0.25) is 0 Å². The molecule has 2 aromatic carbocycles. The SMILES string of the molecule is O=C(O)[C@H](c1c[nH]c2ccccc12)N1CCC(c2nc3ccccc3o2)CC1. The Morgan fingerprint density at radius 1 is 1.14 bits per heavy atom. The Labute approximate surface area is 161 Å². The third kappa shape index (κ3) is 2.86. The van der Waals surface area contributed by atoms with E-state index in [1.165, 1.54) is 0 Å². The number of piperidine rings is 1. The molecule has 1 atom stereocenters. The van der Waals surface area contributed by atoms with Crippen molar-refractivity contribution >= 4 is 28.0 Å². The number of carboxylic acid groups (broad SMARTS) is 1. The number of aromatic amines is 1. The van der Waals surface area contributed by atoms with Crippen molar-refractivity contribution in [2.45, 2.75) is 24.8 Å². The Morgan fingerprint density at radius 2 is 1.89 bits per heavy atom. The summed E-state index contributed by atoms with van der Waals surface area (Å²) in [7, 11) is 0. The number of oxazole rings is 1. The fourth-order valence-corrected chi connectivity index (χ4v) is 4.28. The minimum Gasteiger partial charge on any atom is -0.480 e. The average Bonchev–Trinajstić information content (AvgIpc) is 3.33. The molecule has 1 aliphatic rings. The predicted molar refractivity (Wildman–Crippen MR) is 106 cm³/mol. The molecular formula is C22H21N3O3. The van der Waals surface area contributed by atoms with Crippen LogP contribution in [-0.4, -0.2) is 39.0 Å². The molecule has 28 heavy (non-hydrogen) atoms. The van der Waals surface area contributed by atoms with Gasteiger partial charge in [0.05, 0.1) is 0 Å². The van der Waals surface area contributed by atoms with Gasteiger partial charge in [-0.25, -0.2) is 4.98 Å². The number of nitrogens with one attached hydrogen (secondary N) is 1. The molecule has 1 saturated heterocycles. The van der Waals surface area contributed by atoms with E-state index in [4.69, 9.17) is 4.42 Å². The second-order valence-corrected chi connectivity index (χ2v) is 7.36. The van der Waals surface area contributed by atoms with Crippen molar-refractivity contribution in [3.05, 3.63) is 66.2 Å². The Kier molecular flexibility index (Phi) is 4.13. The first-order valence-corrected chi connectivity index (χ1v) is 9.59. The number of carbonyl (C=O) groups is 1. The van der Waals surface area contributed by atoms with Gasteiger partial charge in [0.2, 0.25) is 0 Å². The number of benzene rings is 2. The lowest BCUT2D eigenvalue weighted by Gasteiger charge is -2.34. The van der Waals surface area contributed by atoms with Crippen LogP contribution < -0.4 is 0 Å². The zero-order valence-electron chi connectivity index (χ0n) is 15.3. The lowest BCUT2D eigenvalue weighted by molar-refractivity contribution is -0.144. The Balaban J connectivity index is 1.37. The van der Waals surface area contributed by atoms with Crippen molar-refractivity contribution in [1.29, 1.82) is 0 Å². The largest absolute Gasteiger partial charge is 0.480 e. The summed E-state index contributed by atoms with van der Waals surface area (Å²) in [6.45, 7) is 1.39. The number of nitrogens with zero attached hydrogens (tertiary/aromatic N) is 2. The second-order valence-electron chi connectivity index (χ2n) is 7.36. The number of carboxylic acids is 1. The predicted octanol–water partition coefficient (Wildman–Crippen LogP) is 4.31. The van der Waals surface area contributed by atoms with Gasteiger partial charge >= 0.3 is 5.97 Å². The number of hydrogen-bond donors (Lipinski definition) is 2. The maximum absolute atomic E-state index is 12.1. The van der Waals surface area contributed by atoms with E-state index in [2.05, 4.69) is 14.9 Å². The summed E-state index contributed by atoms with van der Waals surface area (Å²) in [6.07, 6.45) is 3.49. The number of aromatic nitrogens is 2. The number of fused-ring (bicyclic) bond motifs is 2. The molecule has 1 aliphatic heterocycles. The molecule has 0 radical (unpaired) electrons. The van der Waals surface area contributed by atoms with Crippen LogP contribution in [0.5, 0.6) is 0 Å². The van der Waals surface area contributed by atoms with Gasteiger partial charge in [-0.15, -0.1) is 0 Å². The molecule has 0 spiro atoms. The number of H-pyrrole nitrogens is 1. The minimum atomic E-state index is -0.815. The molecule has 142 valence electrons. The summed E-state index contributed by atoms with van der Waals surface area (Å²) < 4.78 is 5.93. The quantitative estimate of drug-likeness (QED) is 0.555. The average molecular weight is 375 g/mol. The number of rotatable bonds is 4. The Morgan fingerprint density at radius 3 is 2.68 bits per heavy atom. The highest BCUT2D eigenvalue weighted by molar-refractivity contribution is 5.89. The molecule has 0 bridgehead atoms. The van der Waals surface area contributed by atoms with Crippen molar-refractivity contribution in [3.8, 4) is 0 Å². The zero-order valence-corrected chi connectivity index (χ0v) is 15.3. The molecule has 6 heteroatoms. The first-order chi connectivity index (χ1) is 13.7. The Hall–Kier alpha value is -3.12. The maximum Gasteiger partial charge on any atom is 0.325 e. The van der Waals surface area contributed by atoms with Gasteiger partial charge in [0.1, 0.15) is 11.6 Å². The highest BCUT2D eigenvalue weighted by atomic mass is 16.4. The monoisotopic (exact) mass is 375 g/mol. The molecule has 2 N–H and O–H groups in total. The normalized spacial score (nSPS) is 17.3. The van der Waals surface area contributed by atoms with E-state index in [0.29, 0.717) is 13.1 Å². The molecule has 5 rings (SSSR count). The molecule has 4 aromatic rings. The van der Waals surface area contributed by atoms with Gasteiger partial charge < -0.3 is 14.5 Å². The Bertz CT molecular complexity index is 1110. The maximum atomic E-state index is 12.1. The first-order valence-electron chi connectivity index (χ1n) is 9.59. The number of aliphatic carboxylic acids is 1. The van der Waals surface area contributed by atoms with Crippen molar-refractivity contribution in [2.75, 3.05) is 13.1 Å². The van der Waals surface area contributed by atoms with Gasteiger partial charge in [0.25, 0.3) is 0 Å². The fraction of sp³-hybridized carbons (Fsp3) is 0.273. The second kappa shape index (κ2) is 6.80. The smallest absolute Gasteiger partial charge is 0.325 e. The van der Waals surface area contributed by atoms with Crippen LogP contribution in [0.15, 0.2) is 59.1 Å². The molecule has 2 aromatic heterocycles. The van der Waals surface area contributed by atoms with Crippen molar-refractivity contribution in [3.63, 3.8) is 0 Å². The van der Waals surface area contributed by atoms with Crippen LogP contribution in [-0.2, 0) is 4.79 Å². The summed E-state index contributed by atoms with van der Waals surface area (Å²) in [5.74, 6) is 0.172. The third-order valence-corrected chi connectivity index (χ3v) is 5.70. The topological polar surface area (TPSA) is 82.4 Å². The fourth-order valence-electron chi connectivity index (χ4n) is 4.28.